The first-order valence-electron chi connectivity index (χ1n) is 7.24. The van der Waals surface area contributed by atoms with Crippen molar-refractivity contribution in [2.45, 2.75) is 32.6 Å². The van der Waals surface area contributed by atoms with Crippen LogP contribution >= 0.6 is 0 Å². The Hall–Kier alpha value is -0.770. The van der Waals surface area contributed by atoms with Gasteiger partial charge in [-0.05, 0) is 50.6 Å². The Labute approximate surface area is 110 Å². The Kier molecular flexibility index (Phi) is 4.87. The Morgan fingerprint density at radius 3 is 2.28 bits per heavy atom. The molecule has 2 aliphatic rings. The molecule has 0 atom stereocenters. The second-order valence-electron chi connectivity index (χ2n) is 5.88. The third kappa shape index (κ3) is 3.61. The lowest BCUT2D eigenvalue weighted by Crippen LogP contribution is -2.43. The third-order valence-electron chi connectivity index (χ3n) is 4.44. The minimum Gasteiger partial charge on any atom is -0.453 e. The molecule has 0 unspecified atom stereocenters. The van der Waals surface area contributed by atoms with Crippen LogP contribution in [0.25, 0.3) is 0 Å². The molecule has 0 N–H and O–H groups in total. The maximum absolute atomic E-state index is 11.4. The van der Waals surface area contributed by atoms with Gasteiger partial charge in [-0.25, -0.2) is 4.79 Å². The highest BCUT2D eigenvalue weighted by Gasteiger charge is 2.25. The van der Waals surface area contributed by atoms with Crippen LogP contribution in [0.15, 0.2) is 0 Å². The van der Waals surface area contributed by atoms with Crippen LogP contribution in [0, 0.1) is 11.8 Å². The average molecular weight is 254 g/mol. The van der Waals surface area contributed by atoms with Gasteiger partial charge in [0.1, 0.15) is 0 Å². The molecule has 0 aromatic heterocycles. The van der Waals surface area contributed by atoms with Gasteiger partial charge in [0.25, 0.3) is 0 Å². The standard InChI is InChI=1S/C14H26N2O2/c1-12-3-7-15(8-4-12)11-13-5-9-16(10-6-13)14(17)18-2/h12-13H,3-11H2,1-2H3. The number of likely N-dealkylation sites (tertiary alicyclic amines) is 2. The fourth-order valence-electron chi connectivity index (χ4n) is 3.04. The number of hydrogen-bond acceptors (Lipinski definition) is 3. The number of methoxy groups -OCH3 is 1. The van der Waals surface area contributed by atoms with Crippen molar-refractivity contribution in [1.29, 1.82) is 0 Å². The lowest BCUT2D eigenvalue weighted by molar-refractivity contribution is 0.0923. The van der Waals surface area contributed by atoms with E-state index in [1.165, 1.54) is 39.6 Å². The summed E-state index contributed by atoms with van der Waals surface area (Å²) in [6.45, 7) is 7.83. The van der Waals surface area contributed by atoms with Crippen LogP contribution in [0.3, 0.4) is 0 Å². The summed E-state index contributed by atoms with van der Waals surface area (Å²) in [5.41, 5.74) is 0. The highest BCUT2D eigenvalue weighted by molar-refractivity contribution is 5.67. The molecule has 0 bridgehead atoms. The topological polar surface area (TPSA) is 32.8 Å². The molecule has 0 aliphatic carbocycles. The molecule has 18 heavy (non-hydrogen) atoms. The van der Waals surface area contributed by atoms with E-state index >= 15 is 0 Å². The second kappa shape index (κ2) is 6.41. The first kappa shape index (κ1) is 13.7. The maximum atomic E-state index is 11.4. The van der Waals surface area contributed by atoms with E-state index in [1.807, 2.05) is 4.90 Å². The molecule has 1 amide bonds. The molecule has 0 aromatic carbocycles. The molecule has 2 heterocycles. The van der Waals surface area contributed by atoms with E-state index in [9.17, 15) is 4.79 Å². The average Bonchev–Trinajstić information content (AvgIpc) is 2.41. The van der Waals surface area contributed by atoms with Crippen molar-refractivity contribution in [2.24, 2.45) is 11.8 Å². The minimum atomic E-state index is -0.166. The van der Waals surface area contributed by atoms with E-state index in [2.05, 4.69) is 11.8 Å². The van der Waals surface area contributed by atoms with Gasteiger partial charge in [0, 0.05) is 19.6 Å². The largest absolute Gasteiger partial charge is 0.453 e. The Morgan fingerprint density at radius 2 is 1.72 bits per heavy atom. The van der Waals surface area contributed by atoms with Crippen molar-refractivity contribution in [3.8, 4) is 0 Å². The molecule has 0 spiro atoms. The van der Waals surface area contributed by atoms with E-state index < -0.39 is 0 Å². The zero-order chi connectivity index (χ0) is 13.0. The van der Waals surface area contributed by atoms with E-state index in [-0.39, 0.29) is 6.09 Å². The lowest BCUT2D eigenvalue weighted by atomic mass is 9.94. The summed E-state index contributed by atoms with van der Waals surface area (Å²) in [5, 5.41) is 0. The van der Waals surface area contributed by atoms with E-state index in [1.54, 1.807) is 0 Å². The predicted molar refractivity (Wildman–Crippen MR) is 71.5 cm³/mol. The quantitative estimate of drug-likeness (QED) is 0.757. The number of rotatable bonds is 2. The summed E-state index contributed by atoms with van der Waals surface area (Å²) in [5.74, 6) is 1.67. The van der Waals surface area contributed by atoms with Gasteiger partial charge < -0.3 is 14.5 Å². The summed E-state index contributed by atoms with van der Waals surface area (Å²) in [6, 6.07) is 0. The first-order chi connectivity index (χ1) is 8.69. The van der Waals surface area contributed by atoms with Crippen LogP contribution in [0.4, 0.5) is 4.79 Å². The number of carbonyl (C=O) groups is 1. The number of piperidine rings is 2. The molecule has 2 fully saturated rings. The van der Waals surface area contributed by atoms with Crippen LogP contribution < -0.4 is 0 Å². The van der Waals surface area contributed by atoms with Crippen LogP contribution in [0.2, 0.25) is 0 Å². The molecule has 2 saturated heterocycles. The van der Waals surface area contributed by atoms with Gasteiger partial charge in [-0.2, -0.15) is 0 Å². The highest BCUT2D eigenvalue weighted by Crippen LogP contribution is 2.22. The van der Waals surface area contributed by atoms with Gasteiger partial charge in [0.15, 0.2) is 0 Å². The molecule has 2 aliphatic heterocycles. The van der Waals surface area contributed by atoms with Gasteiger partial charge in [-0.3, -0.25) is 0 Å². The summed E-state index contributed by atoms with van der Waals surface area (Å²) in [4.78, 5) is 15.8. The van der Waals surface area contributed by atoms with E-state index in [0.717, 1.165) is 37.8 Å². The SMILES string of the molecule is COC(=O)N1CCC(CN2CCC(C)CC2)CC1. The van der Waals surface area contributed by atoms with Gasteiger partial charge in [-0.15, -0.1) is 0 Å². The molecule has 104 valence electrons. The molecule has 4 nitrogen and oxygen atoms in total. The predicted octanol–water partition coefficient (Wildman–Crippen LogP) is 2.20. The van der Waals surface area contributed by atoms with E-state index in [4.69, 9.17) is 4.74 Å². The molecule has 0 saturated carbocycles. The fourth-order valence-corrected chi connectivity index (χ4v) is 3.04. The van der Waals surface area contributed by atoms with Gasteiger partial charge in [-0.1, -0.05) is 6.92 Å². The summed E-state index contributed by atoms with van der Waals surface area (Å²) in [7, 11) is 1.46. The van der Waals surface area contributed by atoms with Gasteiger partial charge in [0.05, 0.1) is 7.11 Å². The monoisotopic (exact) mass is 254 g/mol. The van der Waals surface area contributed by atoms with Crippen molar-refractivity contribution in [1.82, 2.24) is 9.80 Å². The molecular weight excluding hydrogens is 228 g/mol. The molecule has 0 radical (unpaired) electrons. The highest BCUT2D eigenvalue weighted by atomic mass is 16.5. The molecule has 4 heteroatoms. The molecule has 0 aromatic rings. The van der Waals surface area contributed by atoms with Crippen molar-refractivity contribution >= 4 is 6.09 Å². The van der Waals surface area contributed by atoms with Crippen LogP contribution in [-0.2, 0) is 4.74 Å². The number of amides is 1. The van der Waals surface area contributed by atoms with Crippen LogP contribution in [0.5, 0.6) is 0 Å². The Balaban J connectivity index is 1.69. The fraction of sp³-hybridized carbons (Fsp3) is 0.929. The normalized spacial score (nSPS) is 24.2. The van der Waals surface area contributed by atoms with Crippen molar-refractivity contribution < 1.29 is 9.53 Å². The van der Waals surface area contributed by atoms with Crippen molar-refractivity contribution in [2.75, 3.05) is 39.8 Å². The number of carbonyl (C=O) groups excluding carboxylic acids is 1. The van der Waals surface area contributed by atoms with Gasteiger partial charge >= 0.3 is 6.09 Å². The smallest absolute Gasteiger partial charge is 0.409 e. The second-order valence-corrected chi connectivity index (χ2v) is 5.88. The third-order valence-corrected chi connectivity index (χ3v) is 4.44. The van der Waals surface area contributed by atoms with E-state index in [0.29, 0.717) is 0 Å². The number of nitrogens with zero attached hydrogens (tertiary/aromatic N) is 2. The Morgan fingerprint density at radius 1 is 1.11 bits per heavy atom. The minimum absolute atomic E-state index is 0.166. The number of ether oxygens (including phenoxy) is 1. The number of hydrogen-bond donors (Lipinski definition) is 0. The lowest BCUT2D eigenvalue weighted by Gasteiger charge is -2.36. The van der Waals surface area contributed by atoms with Crippen molar-refractivity contribution in [3.63, 3.8) is 0 Å². The summed E-state index contributed by atoms with van der Waals surface area (Å²) < 4.78 is 4.76. The summed E-state index contributed by atoms with van der Waals surface area (Å²) >= 11 is 0. The zero-order valence-electron chi connectivity index (χ0n) is 11.7. The molecule has 2 rings (SSSR count). The molecular formula is C14H26N2O2. The summed E-state index contributed by atoms with van der Waals surface area (Å²) in [6.07, 6.45) is 4.78. The first-order valence-corrected chi connectivity index (χ1v) is 7.24. The van der Waals surface area contributed by atoms with Gasteiger partial charge in [0.2, 0.25) is 0 Å². The maximum Gasteiger partial charge on any atom is 0.409 e. The van der Waals surface area contributed by atoms with Crippen LogP contribution in [0.1, 0.15) is 32.6 Å². The zero-order valence-corrected chi connectivity index (χ0v) is 11.7. The Bertz CT molecular complexity index is 267. The van der Waals surface area contributed by atoms with Crippen LogP contribution in [-0.4, -0.2) is 55.7 Å². The van der Waals surface area contributed by atoms with Crippen molar-refractivity contribution in [3.05, 3.63) is 0 Å².